The lowest BCUT2D eigenvalue weighted by Gasteiger charge is -2.22. The molecular formula is C13H11F3N2. The molecular weight excluding hydrogens is 241 g/mol. The van der Waals surface area contributed by atoms with E-state index in [0.29, 0.717) is 0 Å². The van der Waals surface area contributed by atoms with Gasteiger partial charge in [-0.15, -0.1) is 0 Å². The summed E-state index contributed by atoms with van der Waals surface area (Å²) in [6.45, 7) is 0. The van der Waals surface area contributed by atoms with Gasteiger partial charge in [0.25, 0.3) is 0 Å². The second-order valence-electron chi connectivity index (χ2n) is 3.81. The Hall–Kier alpha value is -2.17. The van der Waals surface area contributed by atoms with Crippen LogP contribution in [0.1, 0.15) is 0 Å². The molecule has 0 aliphatic carbocycles. The minimum atomic E-state index is -1.10. The zero-order valence-corrected chi connectivity index (χ0v) is 9.62. The quantitative estimate of drug-likeness (QED) is 0.829. The molecule has 0 aliphatic rings. The number of nitrogens with two attached hydrogens (primary N) is 1. The number of hydrogen-bond acceptors (Lipinski definition) is 2. The van der Waals surface area contributed by atoms with Crippen LogP contribution in [-0.4, -0.2) is 7.05 Å². The van der Waals surface area contributed by atoms with Crippen molar-refractivity contribution in [2.75, 3.05) is 17.7 Å². The molecule has 0 saturated carbocycles. The number of nitrogen functional groups attached to an aromatic ring is 1. The average molecular weight is 252 g/mol. The molecule has 0 spiro atoms. The van der Waals surface area contributed by atoms with Gasteiger partial charge in [-0.1, -0.05) is 12.1 Å². The Morgan fingerprint density at radius 2 is 1.61 bits per heavy atom. The molecule has 5 heteroatoms. The van der Waals surface area contributed by atoms with Crippen LogP contribution in [0.5, 0.6) is 0 Å². The van der Waals surface area contributed by atoms with Gasteiger partial charge in [0.15, 0.2) is 11.6 Å². The third kappa shape index (κ3) is 1.99. The van der Waals surface area contributed by atoms with Crippen LogP contribution in [0.4, 0.5) is 30.2 Å². The largest absolute Gasteiger partial charge is 0.397 e. The van der Waals surface area contributed by atoms with E-state index >= 15 is 0 Å². The number of benzene rings is 2. The van der Waals surface area contributed by atoms with Crippen LogP contribution in [0, 0.1) is 17.5 Å². The van der Waals surface area contributed by atoms with Crippen molar-refractivity contribution in [3.63, 3.8) is 0 Å². The van der Waals surface area contributed by atoms with Crippen LogP contribution < -0.4 is 10.6 Å². The third-order valence-corrected chi connectivity index (χ3v) is 2.65. The summed E-state index contributed by atoms with van der Waals surface area (Å²) in [5.41, 5.74) is 5.59. The standard InChI is InChI=1S/C13H11F3N2/c1-18(11-5-3-2-4-8(11)14)13-10(17)7-6-9(15)12(13)16/h2-7H,17H2,1H3. The van der Waals surface area contributed by atoms with Gasteiger partial charge in [-0.25, -0.2) is 13.2 Å². The van der Waals surface area contributed by atoms with E-state index in [4.69, 9.17) is 5.73 Å². The SMILES string of the molecule is CN(c1ccccc1F)c1c(N)ccc(F)c1F. The molecule has 0 heterocycles. The highest BCUT2D eigenvalue weighted by Crippen LogP contribution is 2.33. The Labute approximate surface area is 102 Å². The average Bonchev–Trinajstić information content (AvgIpc) is 2.35. The molecule has 0 bridgehead atoms. The maximum absolute atomic E-state index is 13.7. The van der Waals surface area contributed by atoms with Crippen molar-refractivity contribution in [3.05, 3.63) is 53.8 Å². The second kappa shape index (κ2) is 4.60. The predicted octanol–water partition coefficient (Wildman–Crippen LogP) is 3.45. The molecule has 2 aromatic carbocycles. The van der Waals surface area contributed by atoms with E-state index in [2.05, 4.69) is 0 Å². The maximum atomic E-state index is 13.7. The van der Waals surface area contributed by atoms with E-state index in [-0.39, 0.29) is 17.1 Å². The minimum Gasteiger partial charge on any atom is -0.397 e. The normalized spacial score (nSPS) is 10.4. The summed E-state index contributed by atoms with van der Waals surface area (Å²) in [4.78, 5) is 1.18. The summed E-state index contributed by atoms with van der Waals surface area (Å²) in [5.74, 6) is -2.66. The summed E-state index contributed by atoms with van der Waals surface area (Å²) in [7, 11) is 1.42. The van der Waals surface area contributed by atoms with Crippen LogP contribution in [0.15, 0.2) is 36.4 Å². The molecule has 18 heavy (non-hydrogen) atoms. The van der Waals surface area contributed by atoms with E-state index < -0.39 is 17.5 Å². The van der Waals surface area contributed by atoms with Gasteiger partial charge in [-0.3, -0.25) is 0 Å². The molecule has 2 N–H and O–H groups in total. The number of anilines is 3. The number of halogens is 3. The van der Waals surface area contributed by atoms with Crippen LogP contribution in [0.25, 0.3) is 0 Å². The monoisotopic (exact) mass is 252 g/mol. The summed E-state index contributed by atoms with van der Waals surface area (Å²) in [5, 5.41) is 0. The Balaban J connectivity index is 2.56. The molecule has 2 aromatic rings. The highest BCUT2D eigenvalue weighted by atomic mass is 19.2. The lowest BCUT2D eigenvalue weighted by Crippen LogP contribution is -2.15. The van der Waals surface area contributed by atoms with Gasteiger partial charge in [0.2, 0.25) is 0 Å². The van der Waals surface area contributed by atoms with Crippen LogP contribution in [0.2, 0.25) is 0 Å². The van der Waals surface area contributed by atoms with Crippen molar-refractivity contribution in [2.24, 2.45) is 0 Å². The lowest BCUT2D eigenvalue weighted by atomic mass is 10.2. The molecule has 0 saturated heterocycles. The first-order valence-electron chi connectivity index (χ1n) is 5.24. The maximum Gasteiger partial charge on any atom is 0.184 e. The van der Waals surface area contributed by atoms with Crippen molar-refractivity contribution >= 4 is 17.1 Å². The Bertz CT molecular complexity index is 584. The summed E-state index contributed by atoms with van der Waals surface area (Å²) < 4.78 is 40.5. The highest BCUT2D eigenvalue weighted by Gasteiger charge is 2.18. The first kappa shape index (κ1) is 12.3. The predicted molar refractivity (Wildman–Crippen MR) is 65.2 cm³/mol. The zero-order chi connectivity index (χ0) is 13.3. The van der Waals surface area contributed by atoms with Crippen molar-refractivity contribution < 1.29 is 13.2 Å². The first-order valence-corrected chi connectivity index (χ1v) is 5.24. The zero-order valence-electron chi connectivity index (χ0n) is 9.62. The fourth-order valence-corrected chi connectivity index (χ4v) is 1.74. The van der Waals surface area contributed by atoms with Crippen molar-refractivity contribution in [1.29, 1.82) is 0 Å². The second-order valence-corrected chi connectivity index (χ2v) is 3.81. The smallest absolute Gasteiger partial charge is 0.184 e. The van der Waals surface area contributed by atoms with Crippen LogP contribution in [-0.2, 0) is 0 Å². The molecule has 0 unspecified atom stereocenters. The van der Waals surface area contributed by atoms with Crippen LogP contribution in [0.3, 0.4) is 0 Å². The molecule has 0 amide bonds. The molecule has 0 fully saturated rings. The molecule has 0 atom stereocenters. The van der Waals surface area contributed by atoms with Crippen molar-refractivity contribution in [2.45, 2.75) is 0 Å². The van der Waals surface area contributed by atoms with Gasteiger partial charge in [-0.2, -0.15) is 0 Å². The van der Waals surface area contributed by atoms with Gasteiger partial charge in [0, 0.05) is 7.05 Å². The number of para-hydroxylation sites is 1. The Morgan fingerprint density at radius 1 is 0.944 bits per heavy atom. The van der Waals surface area contributed by atoms with Gasteiger partial charge in [0.05, 0.1) is 11.4 Å². The fraction of sp³-hybridized carbons (Fsp3) is 0.0769. The Kier molecular flexibility index (Phi) is 3.14. The highest BCUT2D eigenvalue weighted by molar-refractivity contribution is 5.75. The third-order valence-electron chi connectivity index (χ3n) is 2.65. The number of rotatable bonds is 2. The van der Waals surface area contributed by atoms with E-state index in [1.165, 1.54) is 36.2 Å². The fourth-order valence-electron chi connectivity index (χ4n) is 1.74. The molecule has 94 valence electrons. The van der Waals surface area contributed by atoms with Gasteiger partial charge >= 0.3 is 0 Å². The van der Waals surface area contributed by atoms with Gasteiger partial charge < -0.3 is 10.6 Å². The number of nitrogens with zero attached hydrogens (tertiary/aromatic N) is 1. The lowest BCUT2D eigenvalue weighted by molar-refractivity contribution is 0.509. The van der Waals surface area contributed by atoms with Crippen molar-refractivity contribution in [1.82, 2.24) is 0 Å². The molecule has 0 aromatic heterocycles. The van der Waals surface area contributed by atoms with Crippen LogP contribution >= 0.6 is 0 Å². The summed E-state index contributed by atoms with van der Waals surface area (Å²) >= 11 is 0. The van der Waals surface area contributed by atoms with E-state index in [1.54, 1.807) is 6.07 Å². The molecule has 0 radical (unpaired) electrons. The number of hydrogen-bond donors (Lipinski definition) is 1. The molecule has 0 aliphatic heterocycles. The summed E-state index contributed by atoms with van der Waals surface area (Å²) in [6.07, 6.45) is 0. The van der Waals surface area contributed by atoms with E-state index in [0.717, 1.165) is 6.07 Å². The molecule has 2 nitrogen and oxygen atoms in total. The minimum absolute atomic E-state index is 0.0413. The van der Waals surface area contributed by atoms with Crippen molar-refractivity contribution in [3.8, 4) is 0 Å². The Morgan fingerprint density at radius 3 is 2.28 bits per heavy atom. The van der Waals surface area contributed by atoms with Gasteiger partial charge in [-0.05, 0) is 24.3 Å². The first-order chi connectivity index (χ1) is 8.52. The van der Waals surface area contributed by atoms with Gasteiger partial charge in [0.1, 0.15) is 11.5 Å². The van der Waals surface area contributed by atoms with E-state index in [9.17, 15) is 13.2 Å². The van der Waals surface area contributed by atoms with E-state index in [1.807, 2.05) is 0 Å². The summed E-state index contributed by atoms with van der Waals surface area (Å²) in [6, 6.07) is 7.98. The molecule has 2 rings (SSSR count). The topological polar surface area (TPSA) is 29.3 Å².